The van der Waals surface area contributed by atoms with Crippen molar-refractivity contribution in [3.8, 4) is 11.5 Å². The number of aryl methyl sites for hydroxylation is 1. The van der Waals surface area contributed by atoms with Crippen molar-refractivity contribution in [2.24, 2.45) is 4.99 Å². The summed E-state index contributed by atoms with van der Waals surface area (Å²) in [5, 5.41) is 9.91. The lowest BCUT2D eigenvalue weighted by atomic mass is 10.1. The highest BCUT2D eigenvalue weighted by Gasteiger charge is 2.00. The predicted octanol–water partition coefficient (Wildman–Crippen LogP) is 5.27. The third kappa shape index (κ3) is 5.44. The van der Waals surface area contributed by atoms with Crippen molar-refractivity contribution in [3.63, 3.8) is 0 Å². The van der Waals surface area contributed by atoms with Gasteiger partial charge in [0.2, 0.25) is 0 Å². The Labute approximate surface area is 138 Å². The molecule has 0 saturated heterocycles. The Bertz CT molecular complexity index is 633. The molecular formula is C20H25NO2. The van der Waals surface area contributed by atoms with Gasteiger partial charge in [-0.15, -0.1) is 0 Å². The number of rotatable bonds is 8. The summed E-state index contributed by atoms with van der Waals surface area (Å²) in [6.07, 6.45) is 7.93. The Hall–Kier alpha value is -2.29. The molecular weight excluding hydrogens is 286 g/mol. The summed E-state index contributed by atoms with van der Waals surface area (Å²) >= 11 is 0. The molecule has 122 valence electrons. The van der Waals surface area contributed by atoms with Crippen LogP contribution >= 0.6 is 0 Å². The van der Waals surface area contributed by atoms with Crippen LogP contribution in [0.3, 0.4) is 0 Å². The molecule has 0 atom stereocenters. The highest BCUT2D eigenvalue weighted by Crippen LogP contribution is 2.23. The fourth-order valence-electron chi connectivity index (χ4n) is 2.41. The molecule has 2 rings (SSSR count). The van der Waals surface area contributed by atoms with Gasteiger partial charge in [-0.2, -0.15) is 0 Å². The minimum absolute atomic E-state index is 0.167. The number of methoxy groups -OCH3 is 1. The van der Waals surface area contributed by atoms with Gasteiger partial charge < -0.3 is 9.84 Å². The molecule has 2 aromatic rings. The van der Waals surface area contributed by atoms with E-state index in [9.17, 15) is 5.11 Å². The van der Waals surface area contributed by atoms with Crippen molar-refractivity contribution in [3.05, 3.63) is 53.6 Å². The minimum atomic E-state index is 0.167. The second-order valence-corrected chi connectivity index (χ2v) is 5.66. The number of aliphatic imine (C=N–C) groups is 1. The molecule has 1 N–H and O–H groups in total. The summed E-state index contributed by atoms with van der Waals surface area (Å²) in [5.74, 6) is 0.799. The van der Waals surface area contributed by atoms with Crippen LogP contribution in [0.4, 0.5) is 5.69 Å². The Morgan fingerprint density at radius 2 is 1.83 bits per heavy atom. The van der Waals surface area contributed by atoms with E-state index < -0.39 is 0 Å². The number of aromatic hydroxyl groups is 1. The number of nitrogens with zero attached hydrogens (tertiary/aromatic N) is 1. The smallest absolute Gasteiger partial charge is 0.128 e. The molecule has 2 aromatic carbocycles. The molecule has 0 aliphatic carbocycles. The van der Waals surface area contributed by atoms with Crippen LogP contribution in [0.25, 0.3) is 0 Å². The number of ether oxygens (including phenoxy) is 1. The lowest BCUT2D eigenvalue weighted by molar-refractivity contribution is 0.407. The summed E-state index contributed by atoms with van der Waals surface area (Å²) in [6, 6.07) is 13.5. The average Bonchev–Trinajstić information content (AvgIpc) is 2.58. The van der Waals surface area contributed by atoms with E-state index in [0.717, 1.165) is 12.1 Å². The van der Waals surface area contributed by atoms with Gasteiger partial charge in [0, 0.05) is 17.8 Å². The van der Waals surface area contributed by atoms with Gasteiger partial charge in [0.15, 0.2) is 0 Å². The zero-order chi connectivity index (χ0) is 16.5. The zero-order valence-electron chi connectivity index (χ0n) is 14.0. The second-order valence-electron chi connectivity index (χ2n) is 5.66. The first-order chi connectivity index (χ1) is 11.2. The molecule has 0 amide bonds. The van der Waals surface area contributed by atoms with E-state index in [1.165, 1.54) is 31.2 Å². The summed E-state index contributed by atoms with van der Waals surface area (Å²) in [5.41, 5.74) is 2.92. The number of hydrogen-bond donors (Lipinski definition) is 1. The van der Waals surface area contributed by atoms with Gasteiger partial charge in [0.25, 0.3) is 0 Å². The van der Waals surface area contributed by atoms with Gasteiger partial charge in [-0.05, 0) is 42.7 Å². The van der Waals surface area contributed by atoms with Crippen molar-refractivity contribution in [2.45, 2.75) is 39.0 Å². The fraction of sp³-hybridized carbons (Fsp3) is 0.350. The number of benzene rings is 2. The second kappa shape index (κ2) is 8.99. The number of phenolic OH excluding ortho intramolecular Hbond substituents is 1. The van der Waals surface area contributed by atoms with Gasteiger partial charge in [0.1, 0.15) is 11.5 Å². The zero-order valence-corrected chi connectivity index (χ0v) is 14.0. The van der Waals surface area contributed by atoms with Gasteiger partial charge >= 0.3 is 0 Å². The van der Waals surface area contributed by atoms with Gasteiger partial charge in [-0.1, -0.05) is 38.3 Å². The van der Waals surface area contributed by atoms with Gasteiger partial charge in [-0.3, -0.25) is 4.99 Å². The summed E-state index contributed by atoms with van der Waals surface area (Å²) < 4.78 is 5.07. The highest BCUT2D eigenvalue weighted by molar-refractivity contribution is 5.85. The van der Waals surface area contributed by atoms with Crippen LogP contribution in [0.2, 0.25) is 0 Å². The first-order valence-electron chi connectivity index (χ1n) is 8.23. The van der Waals surface area contributed by atoms with E-state index >= 15 is 0 Å². The summed E-state index contributed by atoms with van der Waals surface area (Å²) in [4.78, 5) is 4.42. The van der Waals surface area contributed by atoms with Crippen LogP contribution in [0, 0.1) is 0 Å². The maximum atomic E-state index is 9.91. The Morgan fingerprint density at radius 1 is 1.04 bits per heavy atom. The molecule has 0 aromatic heterocycles. The summed E-state index contributed by atoms with van der Waals surface area (Å²) in [6.45, 7) is 2.23. The SMILES string of the molecule is CCCCCCc1ccc(N=Cc2ccc(OC)cc2O)cc1. The van der Waals surface area contributed by atoms with E-state index in [2.05, 4.69) is 24.0 Å². The van der Waals surface area contributed by atoms with Gasteiger partial charge in [-0.25, -0.2) is 0 Å². The average molecular weight is 311 g/mol. The molecule has 0 saturated carbocycles. The van der Waals surface area contributed by atoms with Crippen LogP contribution in [-0.4, -0.2) is 18.4 Å². The lowest BCUT2D eigenvalue weighted by Gasteiger charge is -2.03. The molecule has 0 spiro atoms. The highest BCUT2D eigenvalue weighted by atomic mass is 16.5. The largest absolute Gasteiger partial charge is 0.507 e. The maximum absolute atomic E-state index is 9.91. The third-order valence-electron chi connectivity index (χ3n) is 3.85. The number of unbranched alkanes of at least 4 members (excludes halogenated alkanes) is 3. The molecule has 3 nitrogen and oxygen atoms in total. The Morgan fingerprint density at radius 3 is 2.48 bits per heavy atom. The van der Waals surface area contributed by atoms with E-state index in [4.69, 9.17) is 4.74 Å². The van der Waals surface area contributed by atoms with Crippen molar-refractivity contribution >= 4 is 11.9 Å². The van der Waals surface area contributed by atoms with E-state index in [0.29, 0.717) is 11.3 Å². The van der Waals surface area contributed by atoms with E-state index in [1.807, 2.05) is 12.1 Å². The van der Waals surface area contributed by atoms with Crippen LogP contribution in [0.15, 0.2) is 47.5 Å². The molecule has 0 unspecified atom stereocenters. The quantitative estimate of drug-likeness (QED) is 0.532. The monoisotopic (exact) mass is 311 g/mol. The van der Waals surface area contributed by atoms with E-state index in [1.54, 1.807) is 31.5 Å². The molecule has 0 fully saturated rings. The van der Waals surface area contributed by atoms with Crippen LogP contribution in [0.1, 0.15) is 43.7 Å². The molecule has 0 aliphatic rings. The molecule has 3 heteroatoms. The number of phenols is 1. The van der Waals surface area contributed by atoms with Crippen LogP contribution < -0.4 is 4.74 Å². The normalized spacial score (nSPS) is 11.0. The van der Waals surface area contributed by atoms with Crippen molar-refractivity contribution in [1.29, 1.82) is 0 Å². The summed E-state index contributed by atoms with van der Waals surface area (Å²) in [7, 11) is 1.58. The molecule has 0 aliphatic heterocycles. The molecule has 0 radical (unpaired) electrons. The fourth-order valence-corrected chi connectivity index (χ4v) is 2.41. The van der Waals surface area contributed by atoms with Crippen LogP contribution in [-0.2, 0) is 6.42 Å². The maximum Gasteiger partial charge on any atom is 0.128 e. The van der Waals surface area contributed by atoms with Crippen molar-refractivity contribution in [1.82, 2.24) is 0 Å². The van der Waals surface area contributed by atoms with Crippen molar-refractivity contribution < 1.29 is 9.84 Å². The first-order valence-corrected chi connectivity index (χ1v) is 8.23. The first kappa shape index (κ1) is 17.1. The van der Waals surface area contributed by atoms with E-state index in [-0.39, 0.29) is 5.75 Å². The topological polar surface area (TPSA) is 41.8 Å². The van der Waals surface area contributed by atoms with Gasteiger partial charge in [0.05, 0.1) is 12.8 Å². The molecule has 23 heavy (non-hydrogen) atoms. The number of hydrogen-bond acceptors (Lipinski definition) is 3. The Balaban J connectivity index is 1.95. The molecule has 0 bridgehead atoms. The minimum Gasteiger partial charge on any atom is -0.507 e. The van der Waals surface area contributed by atoms with Crippen LogP contribution in [0.5, 0.6) is 11.5 Å². The third-order valence-corrected chi connectivity index (χ3v) is 3.85. The van der Waals surface area contributed by atoms with Crippen molar-refractivity contribution in [2.75, 3.05) is 7.11 Å². The Kier molecular flexibility index (Phi) is 6.67. The molecule has 0 heterocycles. The predicted molar refractivity (Wildman–Crippen MR) is 96.2 cm³/mol. The lowest BCUT2D eigenvalue weighted by Crippen LogP contribution is -1.87. The standard InChI is InChI=1S/C20H25NO2/c1-3-4-5-6-7-16-8-11-18(12-9-16)21-15-17-10-13-19(23-2)14-20(17)22/h8-15,22H,3-7H2,1-2H3.